The Morgan fingerprint density at radius 2 is 2.16 bits per heavy atom. The highest BCUT2D eigenvalue weighted by Crippen LogP contribution is 2.27. The van der Waals surface area contributed by atoms with E-state index in [2.05, 4.69) is 10.6 Å². The van der Waals surface area contributed by atoms with Crippen LogP contribution in [-0.2, 0) is 6.54 Å². The van der Waals surface area contributed by atoms with Gasteiger partial charge in [-0.15, -0.1) is 0 Å². The Hall–Kier alpha value is -1.94. The smallest absolute Gasteiger partial charge is 0.319 e. The number of urea groups is 1. The summed E-state index contributed by atoms with van der Waals surface area (Å²) in [5, 5.41) is 5.98. The molecule has 2 N–H and O–H groups in total. The second-order valence-corrected chi connectivity index (χ2v) is 4.73. The molecule has 0 bridgehead atoms. The van der Waals surface area contributed by atoms with Crippen molar-refractivity contribution in [3.05, 3.63) is 52.4 Å². The van der Waals surface area contributed by atoms with Gasteiger partial charge in [0.15, 0.2) is 0 Å². The third kappa shape index (κ3) is 3.51. The summed E-state index contributed by atoms with van der Waals surface area (Å²) in [4.78, 5) is 11.8. The fourth-order valence-electron chi connectivity index (χ4n) is 1.81. The predicted molar refractivity (Wildman–Crippen MR) is 75.5 cm³/mol. The lowest BCUT2D eigenvalue weighted by Crippen LogP contribution is -2.28. The van der Waals surface area contributed by atoms with Crippen LogP contribution in [0.2, 0.25) is 5.02 Å². The summed E-state index contributed by atoms with van der Waals surface area (Å²) in [5.74, 6) is 0.696. The third-order valence-electron chi connectivity index (χ3n) is 2.67. The summed E-state index contributed by atoms with van der Waals surface area (Å²) < 4.78 is 5.13. The van der Waals surface area contributed by atoms with E-state index in [1.807, 2.05) is 26.0 Å². The summed E-state index contributed by atoms with van der Waals surface area (Å²) in [5.41, 5.74) is 2.62. The van der Waals surface area contributed by atoms with Crippen LogP contribution >= 0.6 is 11.6 Å². The highest BCUT2D eigenvalue weighted by atomic mass is 35.5. The molecule has 0 aliphatic carbocycles. The maximum Gasteiger partial charge on any atom is 0.319 e. The van der Waals surface area contributed by atoms with Crippen molar-refractivity contribution in [3.63, 3.8) is 0 Å². The number of hydrogen-bond donors (Lipinski definition) is 2. The average Bonchev–Trinajstić information content (AvgIpc) is 2.84. The Balaban J connectivity index is 1.99. The number of aryl methyl sites for hydroxylation is 2. The van der Waals surface area contributed by atoms with Gasteiger partial charge in [-0.1, -0.05) is 17.7 Å². The summed E-state index contributed by atoms with van der Waals surface area (Å²) in [6.45, 7) is 4.20. The predicted octanol–water partition coefficient (Wildman–Crippen LogP) is 3.87. The molecule has 1 aromatic heterocycles. The topological polar surface area (TPSA) is 54.3 Å². The Bertz CT molecular complexity index is 556. The molecule has 1 heterocycles. The van der Waals surface area contributed by atoms with Crippen LogP contribution in [0.1, 0.15) is 16.9 Å². The molecule has 0 atom stereocenters. The van der Waals surface area contributed by atoms with E-state index in [1.165, 1.54) is 0 Å². The second-order valence-electron chi connectivity index (χ2n) is 4.33. The van der Waals surface area contributed by atoms with Crippen molar-refractivity contribution in [2.75, 3.05) is 5.32 Å². The number of rotatable bonds is 3. The van der Waals surface area contributed by atoms with E-state index >= 15 is 0 Å². The molecule has 0 unspecified atom stereocenters. The molecule has 1 aromatic carbocycles. The van der Waals surface area contributed by atoms with Crippen molar-refractivity contribution in [1.82, 2.24) is 5.32 Å². The molecular weight excluding hydrogens is 264 g/mol. The molecule has 0 radical (unpaired) electrons. The summed E-state index contributed by atoms with van der Waals surface area (Å²) >= 11 is 6.12. The van der Waals surface area contributed by atoms with Crippen LogP contribution in [0.3, 0.4) is 0 Å². The minimum absolute atomic E-state index is 0.315. The maximum absolute atomic E-state index is 11.8. The van der Waals surface area contributed by atoms with E-state index in [-0.39, 0.29) is 6.03 Å². The zero-order valence-corrected chi connectivity index (χ0v) is 11.5. The number of carbonyl (C=O) groups is 1. The monoisotopic (exact) mass is 278 g/mol. The molecule has 2 aromatic rings. The van der Waals surface area contributed by atoms with Crippen molar-refractivity contribution in [1.29, 1.82) is 0 Å². The second kappa shape index (κ2) is 5.80. The molecular formula is C14H15ClN2O2. The van der Waals surface area contributed by atoms with Gasteiger partial charge in [-0.05, 0) is 43.2 Å². The molecule has 0 fully saturated rings. The van der Waals surface area contributed by atoms with Crippen LogP contribution in [0, 0.1) is 13.8 Å². The lowest BCUT2D eigenvalue weighted by molar-refractivity contribution is 0.251. The molecule has 4 nitrogen and oxygen atoms in total. The van der Waals surface area contributed by atoms with E-state index in [4.69, 9.17) is 16.0 Å². The largest absolute Gasteiger partial charge is 0.467 e. The van der Waals surface area contributed by atoms with Crippen LogP contribution < -0.4 is 10.6 Å². The average molecular weight is 279 g/mol. The number of nitrogens with one attached hydrogen (secondary N) is 2. The standard InChI is InChI=1S/C14H15ClN2O2/c1-9-6-10(2)13(12(15)7-9)17-14(18)16-8-11-4-3-5-19-11/h3-7H,8H2,1-2H3,(H2,16,17,18). The minimum Gasteiger partial charge on any atom is -0.467 e. The minimum atomic E-state index is -0.315. The summed E-state index contributed by atoms with van der Waals surface area (Å²) in [7, 11) is 0. The molecule has 2 amide bonds. The first-order valence-corrected chi connectivity index (χ1v) is 6.28. The summed E-state index contributed by atoms with van der Waals surface area (Å²) in [6.07, 6.45) is 1.57. The Kier molecular flexibility index (Phi) is 4.12. The SMILES string of the molecule is Cc1cc(C)c(NC(=O)NCc2ccco2)c(Cl)c1. The van der Waals surface area contributed by atoms with Gasteiger partial charge >= 0.3 is 6.03 Å². The van der Waals surface area contributed by atoms with Crippen LogP contribution in [0.25, 0.3) is 0 Å². The maximum atomic E-state index is 11.8. The van der Waals surface area contributed by atoms with Crippen molar-refractivity contribution < 1.29 is 9.21 Å². The van der Waals surface area contributed by atoms with Gasteiger partial charge < -0.3 is 15.1 Å². The quantitative estimate of drug-likeness (QED) is 0.895. The number of carbonyl (C=O) groups excluding carboxylic acids is 1. The van der Waals surface area contributed by atoms with Gasteiger partial charge in [-0.2, -0.15) is 0 Å². The number of furan rings is 1. The highest BCUT2D eigenvalue weighted by molar-refractivity contribution is 6.34. The van der Waals surface area contributed by atoms with Gasteiger partial charge in [0.05, 0.1) is 23.5 Å². The molecule has 5 heteroatoms. The third-order valence-corrected chi connectivity index (χ3v) is 2.97. The molecule has 100 valence electrons. The molecule has 19 heavy (non-hydrogen) atoms. The van der Waals surface area contributed by atoms with Gasteiger partial charge in [0.25, 0.3) is 0 Å². The van der Waals surface area contributed by atoms with Gasteiger partial charge in [0.2, 0.25) is 0 Å². The van der Waals surface area contributed by atoms with Crippen molar-refractivity contribution in [2.24, 2.45) is 0 Å². The number of anilines is 1. The Morgan fingerprint density at radius 3 is 2.79 bits per heavy atom. The Morgan fingerprint density at radius 1 is 1.37 bits per heavy atom. The van der Waals surface area contributed by atoms with Crippen molar-refractivity contribution in [3.8, 4) is 0 Å². The lowest BCUT2D eigenvalue weighted by Gasteiger charge is -2.12. The molecule has 0 aliphatic heterocycles. The van der Waals surface area contributed by atoms with E-state index in [0.29, 0.717) is 23.0 Å². The van der Waals surface area contributed by atoms with E-state index in [9.17, 15) is 4.79 Å². The number of benzene rings is 1. The van der Waals surface area contributed by atoms with Gasteiger partial charge in [0.1, 0.15) is 5.76 Å². The molecule has 0 spiro atoms. The number of amides is 2. The van der Waals surface area contributed by atoms with E-state index in [1.54, 1.807) is 18.4 Å². The highest BCUT2D eigenvalue weighted by Gasteiger charge is 2.09. The van der Waals surface area contributed by atoms with Gasteiger partial charge in [-0.25, -0.2) is 4.79 Å². The van der Waals surface area contributed by atoms with E-state index in [0.717, 1.165) is 11.1 Å². The normalized spacial score (nSPS) is 10.3. The van der Waals surface area contributed by atoms with Crippen LogP contribution in [0.15, 0.2) is 34.9 Å². The Labute approximate surface area is 116 Å². The fraction of sp³-hybridized carbons (Fsp3) is 0.214. The van der Waals surface area contributed by atoms with Crippen molar-refractivity contribution in [2.45, 2.75) is 20.4 Å². The lowest BCUT2D eigenvalue weighted by atomic mass is 10.1. The van der Waals surface area contributed by atoms with Crippen LogP contribution in [0.5, 0.6) is 0 Å². The molecule has 0 aliphatic rings. The van der Waals surface area contributed by atoms with Gasteiger partial charge in [-0.3, -0.25) is 0 Å². The molecule has 0 saturated heterocycles. The molecule has 2 rings (SSSR count). The first kappa shape index (κ1) is 13.5. The first-order valence-electron chi connectivity index (χ1n) is 5.90. The zero-order chi connectivity index (χ0) is 13.8. The van der Waals surface area contributed by atoms with Crippen LogP contribution in [-0.4, -0.2) is 6.03 Å². The first-order chi connectivity index (χ1) is 9.06. The zero-order valence-electron chi connectivity index (χ0n) is 10.8. The van der Waals surface area contributed by atoms with E-state index < -0.39 is 0 Å². The van der Waals surface area contributed by atoms with Crippen molar-refractivity contribution >= 4 is 23.3 Å². The number of hydrogen-bond acceptors (Lipinski definition) is 2. The summed E-state index contributed by atoms with van der Waals surface area (Å²) in [6, 6.07) is 7.04. The fourth-order valence-corrected chi connectivity index (χ4v) is 2.18. The molecule has 0 saturated carbocycles. The van der Waals surface area contributed by atoms with Gasteiger partial charge in [0, 0.05) is 0 Å². The van der Waals surface area contributed by atoms with Crippen LogP contribution in [0.4, 0.5) is 10.5 Å². The number of halogens is 1.